The molecular weight excluding hydrogens is 182 g/mol. The van der Waals surface area contributed by atoms with Crippen LogP contribution in [0.3, 0.4) is 0 Å². The molecular formula is C10H17NOS. The summed E-state index contributed by atoms with van der Waals surface area (Å²) in [5.41, 5.74) is 2.80. The maximum atomic E-state index is 11.4. The summed E-state index contributed by atoms with van der Waals surface area (Å²) in [6.45, 7) is 0.895. The minimum Gasteiger partial charge on any atom is -0.242 e. The van der Waals surface area contributed by atoms with Crippen molar-refractivity contribution >= 4 is 11.0 Å². The minimum atomic E-state index is -0.779. The van der Waals surface area contributed by atoms with Gasteiger partial charge >= 0.3 is 0 Å². The van der Waals surface area contributed by atoms with Crippen molar-refractivity contribution in [3.8, 4) is 0 Å². The molecule has 0 fully saturated rings. The molecule has 0 N–H and O–H groups in total. The third-order valence-electron chi connectivity index (χ3n) is 2.43. The number of rotatable bonds is 0. The summed E-state index contributed by atoms with van der Waals surface area (Å²) in [7, 11) is 1.15. The molecule has 2 nitrogen and oxygen atoms in total. The van der Waals surface area contributed by atoms with Crippen molar-refractivity contribution in [3.05, 3.63) is 23.3 Å². The molecule has 2 aliphatic rings. The van der Waals surface area contributed by atoms with Gasteiger partial charge in [0.2, 0.25) is 0 Å². The average molecular weight is 199 g/mol. The number of nitrogens with zero attached hydrogens (tertiary/aromatic N) is 1. The van der Waals surface area contributed by atoms with Gasteiger partial charge in [-0.2, -0.15) is 0 Å². The number of hydrogen-bond donors (Lipinski definition) is 0. The fraction of sp³-hybridized carbons (Fsp3) is 0.600. The van der Waals surface area contributed by atoms with E-state index in [-0.39, 0.29) is 7.43 Å². The average Bonchev–Trinajstić information content (AvgIpc) is 2.07. The topological polar surface area (TPSA) is 20.3 Å². The van der Waals surface area contributed by atoms with E-state index in [1.165, 1.54) is 11.1 Å². The van der Waals surface area contributed by atoms with Crippen molar-refractivity contribution < 1.29 is 4.21 Å². The van der Waals surface area contributed by atoms with Gasteiger partial charge in [-0.15, -0.1) is 0 Å². The maximum Gasteiger partial charge on any atom is 0.0988 e. The standard InChI is InChI=1S/C9H13NOS.CH4/c1-10-6-8-4-2-3-5-9(8)7-12(10)11;/h3,5H,2,4,6-7H2,1H3;1H4. The smallest absolute Gasteiger partial charge is 0.0988 e. The molecule has 0 saturated carbocycles. The summed E-state index contributed by atoms with van der Waals surface area (Å²) < 4.78 is 13.3. The van der Waals surface area contributed by atoms with Crippen LogP contribution in [-0.2, 0) is 11.0 Å². The van der Waals surface area contributed by atoms with Crippen LogP contribution in [0.1, 0.15) is 20.3 Å². The summed E-state index contributed by atoms with van der Waals surface area (Å²) in [5, 5.41) is 0. The second kappa shape index (κ2) is 4.20. The van der Waals surface area contributed by atoms with E-state index >= 15 is 0 Å². The Labute approximate surface area is 82.9 Å². The molecule has 0 amide bonds. The van der Waals surface area contributed by atoms with Crippen LogP contribution in [0.5, 0.6) is 0 Å². The monoisotopic (exact) mass is 199 g/mol. The first-order chi connectivity index (χ1) is 5.77. The Bertz CT molecular complexity index is 281. The number of hydrogen-bond acceptors (Lipinski definition) is 1. The SMILES string of the molecule is C.CN1CC2=C(C=CCC2)CS1=O. The zero-order chi connectivity index (χ0) is 8.55. The van der Waals surface area contributed by atoms with Gasteiger partial charge in [-0.05, 0) is 18.4 Å². The predicted molar refractivity (Wildman–Crippen MR) is 57.8 cm³/mol. The van der Waals surface area contributed by atoms with Crippen LogP contribution in [-0.4, -0.2) is 27.9 Å². The lowest BCUT2D eigenvalue weighted by molar-refractivity contribution is 0.540. The van der Waals surface area contributed by atoms with Gasteiger partial charge in [0.1, 0.15) is 0 Å². The van der Waals surface area contributed by atoms with Crippen molar-refractivity contribution in [1.82, 2.24) is 4.31 Å². The highest BCUT2D eigenvalue weighted by Crippen LogP contribution is 2.24. The zero-order valence-corrected chi connectivity index (χ0v) is 8.06. The van der Waals surface area contributed by atoms with Crippen molar-refractivity contribution in [2.45, 2.75) is 20.3 Å². The lowest BCUT2D eigenvalue weighted by Gasteiger charge is -2.27. The second-order valence-corrected chi connectivity index (χ2v) is 4.88. The Balaban J connectivity index is 0.000000845. The largest absolute Gasteiger partial charge is 0.242 e. The molecule has 0 spiro atoms. The fourth-order valence-electron chi connectivity index (χ4n) is 1.68. The van der Waals surface area contributed by atoms with Gasteiger partial charge in [0.25, 0.3) is 0 Å². The van der Waals surface area contributed by atoms with Gasteiger partial charge in [0.05, 0.1) is 16.7 Å². The van der Waals surface area contributed by atoms with E-state index in [0.717, 1.165) is 25.1 Å². The summed E-state index contributed by atoms with van der Waals surface area (Å²) in [4.78, 5) is 0. The van der Waals surface area contributed by atoms with Crippen molar-refractivity contribution in [1.29, 1.82) is 0 Å². The van der Waals surface area contributed by atoms with Gasteiger partial charge in [-0.25, -0.2) is 8.51 Å². The molecule has 3 heteroatoms. The van der Waals surface area contributed by atoms with Gasteiger partial charge in [0.15, 0.2) is 0 Å². The highest BCUT2D eigenvalue weighted by Gasteiger charge is 2.21. The van der Waals surface area contributed by atoms with E-state index < -0.39 is 11.0 Å². The summed E-state index contributed by atoms with van der Waals surface area (Å²) in [5.74, 6) is 0.725. The Morgan fingerprint density at radius 2 is 2.31 bits per heavy atom. The molecule has 0 aromatic carbocycles. The Morgan fingerprint density at radius 1 is 1.54 bits per heavy atom. The lowest BCUT2D eigenvalue weighted by Crippen LogP contribution is -2.32. The van der Waals surface area contributed by atoms with E-state index in [4.69, 9.17) is 0 Å². The zero-order valence-electron chi connectivity index (χ0n) is 7.25. The van der Waals surface area contributed by atoms with Gasteiger partial charge in [0, 0.05) is 13.6 Å². The summed E-state index contributed by atoms with van der Waals surface area (Å²) >= 11 is 0. The Morgan fingerprint density at radius 3 is 3.08 bits per heavy atom. The molecule has 2 rings (SSSR count). The normalized spacial score (nSPS) is 28.2. The van der Waals surface area contributed by atoms with Crippen LogP contribution in [0.4, 0.5) is 0 Å². The molecule has 0 bridgehead atoms. The molecule has 1 atom stereocenters. The number of likely N-dealkylation sites (N-methyl/N-ethyl adjacent to an activating group) is 1. The predicted octanol–water partition coefficient (Wildman–Crippen LogP) is 1.88. The third kappa shape index (κ3) is 2.09. The van der Waals surface area contributed by atoms with E-state index in [2.05, 4.69) is 12.2 Å². The first kappa shape index (κ1) is 10.7. The van der Waals surface area contributed by atoms with Gasteiger partial charge < -0.3 is 0 Å². The van der Waals surface area contributed by atoms with Crippen LogP contribution in [0.15, 0.2) is 23.3 Å². The second-order valence-electron chi connectivity index (χ2n) is 3.32. The van der Waals surface area contributed by atoms with Crippen LogP contribution in [0, 0.1) is 0 Å². The molecule has 0 radical (unpaired) electrons. The lowest BCUT2D eigenvalue weighted by atomic mass is 9.98. The highest BCUT2D eigenvalue weighted by atomic mass is 32.2. The molecule has 1 heterocycles. The van der Waals surface area contributed by atoms with Crippen LogP contribution < -0.4 is 0 Å². The van der Waals surface area contributed by atoms with Crippen LogP contribution in [0.25, 0.3) is 0 Å². The minimum absolute atomic E-state index is 0. The van der Waals surface area contributed by atoms with E-state index in [0.29, 0.717) is 0 Å². The van der Waals surface area contributed by atoms with E-state index in [1.54, 1.807) is 0 Å². The summed E-state index contributed by atoms with van der Waals surface area (Å²) in [6, 6.07) is 0. The molecule has 1 aliphatic carbocycles. The first-order valence-electron chi connectivity index (χ1n) is 4.24. The molecule has 13 heavy (non-hydrogen) atoms. The van der Waals surface area contributed by atoms with Gasteiger partial charge in [-0.3, -0.25) is 0 Å². The van der Waals surface area contributed by atoms with Crippen molar-refractivity contribution in [2.75, 3.05) is 19.3 Å². The Kier molecular flexibility index (Phi) is 3.45. The van der Waals surface area contributed by atoms with E-state index in [1.807, 2.05) is 11.4 Å². The van der Waals surface area contributed by atoms with Gasteiger partial charge in [-0.1, -0.05) is 25.2 Å². The molecule has 0 aromatic rings. The molecule has 0 aromatic heterocycles. The van der Waals surface area contributed by atoms with Crippen molar-refractivity contribution in [3.63, 3.8) is 0 Å². The molecule has 1 unspecified atom stereocenters. The molecule has 74 valence electrons. The van der Waals surface area contributed by atoms with Crippen LogP contribution in [0.2, 0.25) is 0 Å². The first-order valence-corrected chi connectivity index (χ1v) is 5.52. The Hall–Kier alpha value is -0.410. The fourth-order valence-corrected chi connectivity index (χ4v) is 2.76. The third-order valence-corrected chi connectivity index (χ3v) is 3.81. The van der Waals surface area contributed by atoms with E-state index in [9.17, 15) is 4.21 Å². The molecule has 1 aliphatic heterocycles. The molecule has 0 saturated heterocycles. The summed E-state index contributed by atoms with van der Waals surface area (Å²) in [6.07, 6.45) is 6.64. The highest BCUT2D eigenvalue weighted by molar-refractivity contribution is 7.82. The maximum absolute atomic E-state index is 11.4. The van der Waals surface area contributed by atoms with Crippen molar-refractivity contribution in [2.24, 2.45) is 0 Å². The quantitative estimate of drug-likeness (QED) is 0.583. The van der Waals surface area contributed by atoms with Crippen LogP contribution >= 0.6 is 0 Å². The number of allylic oxidation sites excluding steroid dienone is 2.